The lowest BCUT2D eigenvalue weighted by atomic mass is 9.99. The summed E-state index contributed by atoms with van der Waals surface area (Å²) >= 11 is 6.36. The molecule has 0 aliphatic carbocycles. The Bertz CT molecular complexity index is 431. The van der Waals surface area contributed by atoms with Crippen molar-refractivity contribution in [2.45, 2.75) is 59.0 Å². The Balaban J connectivity index is 2.40. The molecule has 0 radical (unpaired) electrons. The molecule has 0 spiro atoms. The highest BCUT2D eigenvalue weighted by Gasteiger charge is 2.14. The number of imidazole rings is 1. The van der Waals surface area contributed by atoms with Crippen LogP contribution in [-0.2, 0) is 17.7 Å². The summed E-state index contributed by atoms with van der Waals surface area (Å²) in [6.45, 7) is 6.56. The van der Waals surface area contributed by atoms with E-state index in [-0.39, 0.29) is 0 Å². The molecule has 1 unspecified atom stereocenters. The Morgan fingerprint density at radius 3 is 2.65 bits per heavy atom. The maximum Gasteiger partial charge on any atom is 0.243 e. The van der Waals surface area contributed by atoms with Crippen LogP contribution in [0.25, 0.3) is 0 Å². The van der Waals surface area contributed by atoms with E-state index >= 15 is 0 Å². The van der Waals surface area contributed by atoms with Crippen molar-refractivity contribution >= 4 is 35.5 Å². The molecule has 0 aliphatic rings. The summed E-state index contributed by atoms with van der Waals surface area (Å²) in [7, 11) is 0. The van der Waals surface area contributed by atoms with Gasteiger partial charge in [-0.05, 0) is 56.2 Å². The minimum absolute atomic E-state index is 0.680. The molecule has 0 aliphatic heterocycles. The van der Waals surface area contributed by atoms with Gasteiger partial charge in [-0.25, -0.2) is 9.13 Å². The van der Waals surface area contributed by atoms with Crippen molar-refractivity contribution in [2.24, 2.45) is 5.92 Å². The lowest BCUT2D eigenvalue weighted by Crippen LogP contribution is -2.35. The highest BCUT2D eigenvalue weighted by molar-refractivity contribution is 9.70. The third-order valence-corrected chi connectivity index (χ3v) is 6.56. The molecule has 6 heteroatoms. The summed E-state index contributed by atoms with van der Waals surface area (Å²) in [5.74, 6) is 0.779. The van der Waals surface area contributed by atoms with E-state index in [1.54, 1.807) is 0 Å². The Labute approximate surface area is 139 Å². The Morgan fingerprint density at radius 2 is 2.05 bits per heavy atom. The van der Waals surface area contributed by atoms with Gasteiger partial charge in [-0.2, -0.15) is 0 Å². The average molecular weight is 429 g/mol. The van der Waals surface area contributed by atoms with Gasteiger partial charge in [0.2, 0.25) is 10.9 Å². The quantitative estimate of drug-likeness (QED) is 0.363. The molecule has 1 heterocycles. The van der Waals surface area contributed by atoms with Crippen molar-refractivity contribution in [1.29, 1.82) is 0 Å². The van der Waals surface area contributed by atoms with Crippen molar-refractivity contribution < 1.29 is 9.13 Å². The van der Waals surface area contributed by atoms with Crippen molar-refractivity contribution in [3.05, 3.63) is 18.7 Å². The minimum atomic E-state index is -2.23. The zero-order valence-corrected chi connectivity index (χ0v) is 16.5. The molecule has 20 heavy (non-hydrogen) atoms. The first-order chi connectivity index (χ1) is 9.44. The second kappa shape index (κ2) is 9.42. The number of nitrogens with zero attached hydrogens (tertiary/aromatic N) is 2. The maximum absolute atomic E-state index is 11.5. The summed E-state index contributed by atoms with van der Waals surface area (Å²) in [6.07, 6.45) is 13.2. The third kappa shape index (κ3) is 7.99. The largest absolute Gasteiger partial charge is 0.299 e. The van der Waals surface area contributed by atoms with E-state index in [0.29, 0.717) is 6.16 Å². The molecule has 1 rings (SSSR count). The number of aryl methyl sites for hydroxylation is 1. The zero-order valence-electron chi connectivity index (χ0n) is 12.5. The van der Waals surface area contributed by atoms with Gasteiger partial charge in [0.15, 0.2) is 0 Å². The smallest absolute Gasteiger partial charge is 0.243 e. The molecule has 1 atom stereocenters. The first-order valence-corrected chi connectivity index (χ1v) is 13.4. The van der Waals surface area contributed by atoms with Gasteiger partial charge in [0.05, 0.1) is 13.1 Å². The summed E-state index contributed by atoms with van der Waals surface area (Å²) in [5.41, 5.74) is 0. The van der Waals surface area contributed by atoms with E-state index in [2.05, 4.69) is 72.7 Å². The fourth-order valence-corrected chi connectivity index (χ4v) is 4.35. The topological polar surface area (TPSA) is 25.9 Å². The number of hydrogen-bond donors (Lipinski definition) is 0. The van der Waals surface area contributed by atoms with Crippen LogP contribution in [-0.4, -0.2) is 10.7 Å². The van der Waals surface area contributed by atoms with Gasteiger partial charge in [-0.3, -0.25) is 4.57 Å². The molecular formula is C14H26Br2N2OP+. The number of hydrogen-bond acceptors (Lipinski definition) is 1. The monoisotopic (exact) mass is 427 g/mol. The molecular weight excluding hydrogens is 403 g/mol. The summed E-state index contributed by atoms with van der Waals surface area (Å²) in [4.78, 5) is 0. The highest BCUT2D eigenvalue weighted by Crippen LogP contribution is 2.61. The number of halogens is 2. The van der Waals surface area contributed by atoms with Gasteiger partial charge >= 0.3 is 0 Å². The van der Waals surface area contributed by atoms with Gasteiger partial charge in [-0.15, -0.1) is 0 Å². The summed E-state index contributed by atoms with van der Waals surface area (Å²) in [5, 5.41) is 0. The van der Waals surface area contributed by atoms with Crippen molar-refractivity contribution in [2.75, 3.05) is 6.16 Å². The van der Waals surface area contributed by atoms with Crippen LogP contribution in [0.5, 0.6) is 0 Å². The maximum atomic E-state index is 11.5. The van der Waals surface area contributed by atoms with E-state index in [0.717, 1.165) is 25.4 Å². The molecule has 0 saturated carbocycles. The standard InChI is InChI=1S/C14H26Br2N2OP/c1-3-5-7-14(4-2)12-18-10-9-17(13-18)8-6-11-20(15,16)19/h9-10,13-14H,3-8,11-12H2,1-2H3/q+1. The van der Waals surface area contributed by atoms with Crippen molar-refractivity contribution in [3.63, 3.8) is 0 Å². The van der Waals surface area contributed by atoms with E-state index < -0.39 is 4.55 Å². The molecule has 0 aromatic carbocycles. The van der Waals surface area contributed by atoms with Gasteiger partial charge in [0, 0.05) is 6.16 Å². The van der Waals surface area contributed by atoms with Crippen molar-refractivity contribution in [1.82, 2.24) is 4.57 Å². The molecule has 116 valence electrons. The first kappa shape index (κ1) is 18.4. The van der Waals surface area contributed by atoms with Crippen LogP contribution in [0.2, 0.25) is 0 Å². The van der Waals surface area contributed by atoms with Crippen LogP contribution in [0.1, 0.15) is 46.0 Å². The van der Waals surface area contributed by atoms with E-state index in [4.69, 9.17) is 0 Å². The fourth-order valence-electron chi connectivity index (χ4n) is 2.33. The predicted molar refractivity (Wildman–Crippen MR) is 92.9 cm³/mol. The SMILES string of the molecule is CCCCC(CC)C[n+]1ccn(CCCP(=O)(Br)Br)c1. The molecule has 0 amide bonds. The van der Waals surface area contributed by atoms with Crippen LogP contribution >= 0.6 is 35.5 Å². The molecule has 0 N–H and O–H groups in total. The molecule has 0 fully saturated rings. The summed E-state index contributed by atoms with van der Waals surface area (Å²) in [6, 6.07) is 0. The highest BCUT2D eigenvalue weighted by atomic mass is 79.9. The Hall–Kier alpha value is 0.400. The molecule has 0 bridgehead atoms. The van der Waals surface area contributed by atoms with E-state index in [1.807, 2.05) is 0 Å². The minimum Gasteiger partial charge on any atom is -0.299 e. The lowest BCUT2D eigenvalue weighted by molar-refractivity contribution is -0.703. The Morgan fingerprint density at radius 1 is 1.30 bits per heavy atom. The second-order valence-electron chi connectivity index (χ2n) is 5.41. The third-order valence-electron chi connectivity index (χ3n) is 3.59. The summed E-state index contributed by atoms with van der Waals surface area (Å²) < 4.78 is 13.7. The number of rotatable bonds is 10. The zero-order chi connectivity index (χ0) is 15.0. The molecule has 3 nitrogen and oxygen atoms in total. The van der Waals surface area contributed by atoms with Crippen molar-refractivity contribution in [3.8, 4) is 0 Å². The van der Waals surface area contributed by atoms with Crippen LogP contribution in [0, 0.1) is 5.92 Å². The number of aromatic nitrogens is 2. The van der Waals surface area contributed by atoms with Crippen LogP contribution in [0.15, 0.2) is 18.7 Å². The molecule has 1 aromatic heterocycles. The number of unbranched alkanes of at least 4 members (excludes halogenated alkanes) is 1. The molecule has 0 saturated heterocycles. The average Bonchev–Trinajstić information content (AvgIpc) is 2.80. The molecule has 1 aromatic rings. The van der Waals surface area contributed by atoms with Crippen LogP contribution < -0.4 is 4.57 Å². The van der Waals surface area contributed by atoms with Crippen LogP contribution in [0.4, 0.5) is 0 Å². The van der Waals surface area contributed by atoms with Gasteiger partial charge in [-0.1, -0.05) is 26.7 Å². The van der Waals surface area contributed by atoms with Gasteiger partial charge in [0.25, 0.3) is 0 Å². The predicted octanol–water partition coefficient (Wildman–Crippen LogP) is 5.37. The fraction of sp³-hybridized carbons (Fsp3) is 0.786. The van der Waals surface area contributed by atoms with Gasteiger partial charge in [0.1, 0.15) is 12.4 Å². The van der Waals surface area contributed by atoms with E-state index in [9.17, 15) is 4.57 Å². The Kier molecular flexibility index (Phi) is 8.69. The van der Waals surface area contributed by atoms with Gasteiger partial charge < -0.3 is 0 Å². The second-order valence-corrected chi connectivity index (χ2v) is 16.7. The lowest BCUT2D eigenvalue weighted by Gasteiger charge is -2.11. The first-order valence-electron chi connectivity index (χ1n) is 7.47. The van der Waals surface area contributed by atoms with E-state index in [1.165, 1.54) is 25.7 Å². The normalized spacial score (nSPS) is 13.6. The van der Waals surface area contributed by atoms with Crippen LogP contribution in [0.3, 0.4) is 0 Å².